The number of anilines is 1. The van der Waals surface area contributed by atoms with E-state index in [-0.39, 0.29) is 5.91 Å². The summed E-state index contributed by atoms with van der Waals surface area (Å²) >= 11 is 0. The van der Waals surface area contributed by atoms with E-state index in [1.54, 1.807) is 20.2 Å². The third kappa shape index (κ3) is 2.86. The van der Waals surface area contributed by atoms with E-state index >= 15 is 0 Å². The first-order valence-electron chi connectivity index (χ1n) is 7.02. The van der Waals surface area contributed by atoms with Crippen molar-refractivity contribution in [2.75, 3.05) is 19.4 Å². The van der Waals surface area contributed by atoms with Crippen LogP contribution in [0.1, 0.15) is 21.6 Å². The zero-order chi connectivity index (χ0) is 14.8. The Kier molecular flexibility index (Phi) is 3.56. The Balaban J connectivity index is 1.66. The van der Waals surface area contributed by atoms with Gasteiger partial charge in [0.15, 0.2) is 5.69 Å². The van der Waals surface area contributed by atoms with Crippen molar-refractivity contribution in [1.82, 2.24) is 15.1 Å². The zero-order valence-corrected chi connectivity index (χ0v) is 12.2. The molecule has 0 spiro atoms. The van der Waals surface area contributed by atoms with Gasteiger partial charge in [-0.05, 0) is 36.1 Å². The molecule has 108 valence electrons. The van der Waals surface area contributed by atoms with Crippen LogP contribution in [-0.2, 0) is 12.8 Å². The van der Waals surface area contributed by atoms with Gasteiger partial charge in [-0.25, -0.2) is 0 Å². The first-order chi connectivity index (χ1) is 10.1. The van der Waals surface area contributed by atoms with Crippen LogP contribution in [0.5, 0.6) is 0 Å². The first kappa shape index (κ1) is 13.5. The lowest BCUT2D eigenvalue weighted by atomic mass is 10.1. The largest absolute Gasteiger partial charge is 0.365 e. The van der Waals surface area contributed by atoms with Crippen LogP contribution in [-0.4, -0.2) is 41.1 Å². The highest BCUT2D eigenvalue weighted by molar-refractivity contribution is 5.91. The number of fused-ring (bicyclic) bond motifs is 1. The molecule has 3 rings (SSSR count). The van der Waals surface area contributed by atoms with Crippen LogP contribution in [0.15, 0.2) is 36.4 Å². The van der Waals surface area contributed by atoms with Crippen molar-refractivity contribution < 1.29 is 4.79 Å². The quantitative estimate of drug-likeness (QED) is 0.932. The van der Waals surface area contributed by atoms with Crippen molar-refractivity contribution in [3.63, 3.8) is 0 Å². The molecular formula is C16H18N4O. The van der Waals surface area contributed by atoms with Crippen molar-refractivity contribution in [3.8, 4) is 0 Å². The van der Waals surface area contributed by atoms with Crippen LogP contribution in [0.3, 0.4) is 0 Å². The molecule has 1 aromatic heterocycles. The summed E-state index contributed by atoms with van der Waals surface area (Å²) in [6.45, 7) is 0. The molecule has 0 fully saturated rings. The Hall–Kier alpha value is -2.43. The highest BCUT2D eigenvalue weighted by Gasteiger charge is 2.21. The number of carbonyl (C=O) groups excluding carboxylic acids is 1. The molecule has 1 aliphatic carbocycles. The molecule has 0 radical (unpaired) electrons. The topological polar surface area (TPSA) is 58.1 Å². The van der Waals surface area contributed by atoms with Gasteiger partial charge >= 0.3 is 0 Å². The molecule has 0 unspecified atom stereocenters. The predicted octanol–water partition coefficient (Wildman–Crippen LogP) is 1.76. The highest BCUT2D eigenvalue weighted by atomic mass is 16.2. The van der Waals surface area contributed by atoms with Crippen LogP contribution in [0.4, 0.5) is 5.82 Å². The summed E-state index contributed by atoms with van der Waals surface area (Å²) in [5, 5.41) is 11.5. The van der Waals surface area contributed by atoms with Gasteiger partial charge in [-0.3, -0.25) is 4.79 Å². The van der Waals surface area contributed by atoms with E-state index in [1.807, 2.05) is 6.07 Å². The Morgan fingerprint density at radius 3 is 2.29 bits per heavy atom. The van der Waals surface area contributed by atoms with Gasteiger partial charge in [-0.2, -0.15) is 0 Å². The number of carbonyl (C=O) groups is 1. The van der Waals surface area contributed by atoms with E-state index in [0.29, 0.717) is 17.6 Å². The van der Waals surface area contributed by atoms with Crippen LogP contribution in [0, 0.1) is 0 Å². The minimum Gasteiger partial charge on any atom is -0.365 e. The van der Waals surface area contributed by atoms with Gasteiger partial charge in [-0.15, -0.1) is 10.2 Å². The third-order valence-corrected chi connectivity index (χ3v) is 3.69. The SMILES string of the molecule is CN(C)C(=O)c1ccc(NC2Cc3ccccc3C2)nn1. The summed E-state index contributed by atoms with van der Waals surface area (Å²) in [6, 6.07) is 12.3. The number of hydrogen-bond acceptors (Lipinski definition) is 4. The molecule has 0 atom stereocenters. The Morgan fingerprint density at radius 1 is 1.10 bits per heavy atom. The summed E-state index contributed by atoms with van der Waals surface area (Å²) in [7, 11) is 3.40. The lowest BCUT2D eigenvalue weighted by Gasteiger charge is -2.13. The minimum atomic E-state index is -0.137. The van der Waals surface area contributed by atoms with E-state index in [4.69, 9.17) is 0 Å². The molecule has 1 aliphatic rings. The van der Waals surface area contributed by atoms with Crippen LogP contribution >= 0.6 is 0 Å². The second kappa shape index (κ2) is 5.52. The number of nitrogens with zero attached hydrogens (tertiary/aromatic N) is 3. The molecule has 5 nitrogen and oxygen atoms in total. The normalized spacial score (nSPS) is 13.8. The molecule has 2 aromatic rings. The molecule has 1 N–H and O–H groups in total. The Morgan fingerprint density at radius 2 is 1.76 bits per heavy atom. The summed E-state index contributed by atoms with van der Waals surface area (Å²) in [5.41, 5.74) is 3.14. The van der Waals surface area contributed by atoms with E-state index in [0.717, 1.165) is 12.8 Å². The third-order valence-electron chi connectivity index (χ3n) is 3.69. The fraction of sp³-hybridized carbons (Fsp3) is 0.312. The van der Waals surface area contributed by atoms with Crippen molar-refractivity contribution in [3.05, 3.63) is 53.2 Å². The summed E-state index contributed by atoms with van der Waals surface area (Å²) in [4.78, 5) is 13.2. The van der Waals surface area contributed by atoms with Crippen LogP contribution in [0.2, 0.25) is 0 Å². The van der Waals surface area contributed by atoms with Gasteiger partial charge in [0.1, 0.15) is 5.82 Å². The average Bonchev–Trinajstić information content (AvgIpc) is 2.89. The number of aromatic nitrogens is 2. The molecule has 0 bridgehead atoms. The molecule has 21 heavy (non-hydrogen) atoms. The summed E-state index contributed by atoms with van der Waals surface area (Å²) < 4.78 is 0. The maximum Gasteiger partial charge on any atom is 0.273 e. The summed E-state index contributed by atoms with van der Waals surface area (Å²) in [5.74, 6) is 0.574. The number of amides is 1. The fourth-order valence-electron chi connectivity index (χ4n) is 2.62. The molecule has 1 heterocycles. The number of benzene rings is 1. The molecule has 0 saturated heterocycles. The van der Waals surface area contributed by atoms with Gasteiger partial charge < -0.3 is 10.2 Å². The molecular weight excluding hydrogens is 264 g/mol. The smallest absolute Gasteiger partial charge is 0.273 e. The highest BCUT2D eigenvalue weighted by Crippen LogP contribution is 2.23. The second-order valence-corrected chi connectivity index (χ2v) is 5.52. The van der Waals surface area contributed by atoms with E-state index < -0.39 is 0 Å². The molecule has 5 heteroatoms. The lowest BCUT2D eigenvalue weighted by molar-refractivity contribution is 0.0821. The van der Waals surface area contributed by atoms with Gasteiger partial charge in [0.05, 0.1) is 0 Å². The maximum atomic E-state index is 11.8. The Labute approximate surface area is 124 Å². The first-order valence-corrected chi connectivity index (χ1v) is 7.02. The van der Waals surface area contributed by atoms with E-state index in [1.165, 1.54) is 16.0 Å². The van der Waals surface area contributed by atoms with E-state index in [2.05, 4.69) is 39.8 Å². The maximum absolute atomic E-state index is 11.8. The number of hydrogen-bond donors (Lipinski definition) is 1. The van der Waals surface area contributed by atoms with E-state index in [9.17, 15) is 4.79 Å². The van der Waals surface area contributed by atoms with Gasteiger partial charge in [0.25, 0.3) is 5.91 Å². The lowest BCUT2D eigenvalue weighted by Crippen LogP contribution is -2.24. The van der Waals surface area contributed by atoms with Crippen LogP contribution < -0.4 is 5.32 Å². The number of nitrogens with one attached hydrogen (secondary N) is 1. The zero-order valence-electron chi connectivity index (χ0n) is 12.2. The van der Waals surface area contributed by atoms with Crippen molar-refractivity contribution in [1.29, 1.82) is 0 Å². The molecule has 1 aromatic carbocycles. The monoisotopic (exact) mass is 282 g/mol. The Bertz CT molecular complexity index is 627. The van der Waals surface area contributed by atoms with Gasteiger partial charge in [0.2, 0.25) is 0 Å². The van der Waals surface area contributed by atoms with Gasteiger partial charge in [-0.1, -0.05) is 24.3 Å². The fourth-order valence-corrected chi connectivity index (χ4v) is 2.62. The van der Waals surface area contributed by atoms with Gasteiger partial charge in [0, 0.05) is 20.1 Å². The molecule has 0 saturated carbocycles. The van der Waals surface area contributed by atoms with Crippen LogP contribution in [0.25, 0.3) is 0 Å². The minimum absolute atomic E-state index is 0.137. The van der Waals surface area contributed by atoms with Crippen molar-refractivity contribution in [2.45, 2.75) is 18.9 Å². The number of rotatable bonds is 3. The molecule has 0 aliphatic heterocycles. The summed E-state index contributed by atoms with van der Waals surface area (Å²) in [6.07, 6.45) is 1.99. The van der Waals surface area contributed by atoms with Crippen molar-refractivity contribution >= 4 is 11.7 Å². The average molecular weight is 282 g/mol. The second-order valence-electron chi connectivity index (χ2n) is 5.52. The predicted molar refractivity (Wildman–Crippen MR) is 81.3 cm³/mol. The molecule has 1 amide bonds. The van der Waals surface area contributed by atoms with Crippen molar-refractivity contribution in [2.24, 2.45) is 0 Å². The standard InChI is InChI=1S/C16H18N4O/c1-20(2)16(21)14-7-8-15(19-18-14)17-13-9-11-5-3-4-6-12(11)10-13/h3-8,13H,9-10H2,1-2H3,(H,17,19).